The molecule has 0 N–H and O–H groups in total. The van der Waals surface area contributed by atoms with E-state index in [9.17, 15) is 9.59 Å². The van der Waals surface area contributed by atoms with Crippen LogP contribution < -0.4 is 0 Å². The summed E-state index contributed by atoms with van der Waals surface area (Å²) in [5.41, 5.74) is 0. The molecular weight excluding hydrogens is 154 g/mol. The normalized spacial score (nSPS) is 19.1. The lowest BCUT2D eigenvalue weighted by Crippen LogP contribution is -2.40. The summed E-state index contributed by atoms with van der Waals surface area (Å²) in [5.74, 6) is 1.26. The first-order chi connectivity index (χ1) is 5.59. The molecule has 67 valence electrons. The molecule has 0 atom stereocenters. The Morgan fingerprint density at radius 3 is 2.58 bits per heavy atom. The highest BCUT2D eigenvalue weighted by Gasteiger charge is 2.23. The van der Waals surface area contributed by atoms with E-state index in [1.807, 2.05) is 13.8 Å². The number of carbonyl (C=O) groups excluding carboxylic acids is 2. The lowest BCUT2D eigenvalue weighted by atomic mass is 10.1. The summed E-state index contributed by atoms with van der Waals surface area (Å²) in [7, 11) is 0. The minimum absolute atomic E-state index is 0.0209. The Morgan fingerprint density at radius 1 is 1.42 bits per heavy atom. The van der Waals surface area contributed by atoms with Crippen LogP contribution in [-0.4, -0.2) is 29.7 Å². The van der Waals surface area contributed by atoms with E-state index in [1.54, 1.807) is 4.90 Å². The third kappa shape index (κ3) is 2.32. The quantitative estimate of drug-likeness (QED) is 0.572. The Labute approximate surface area is 72.7 Å². The van der Waals surface area contributed by atoms with Gasteiger partial charge in [-0.15, -0.1) is 0 Å². The van der Waals surface area contributed by atoms with E-state index in [-0.39, 0.29) is 18.1 Å². The highest BCUT2D eigenvalue weighted by molar-refractivity contribution is 6.00. The van der Waals surface area contributed by atoms with Crippen molar-refractivity contribution in [1.29, 1.82) is 0 Å². The summed E-state index contributed by atoms with van der Waals surface area (Å²) in [5, 5.41) is 0. The van der Waals surface area contributed by atoms with E-state index in [2.05, 4.69) is 0 Å². The second-order valence-corrected chi connectivity index (χ2v) is 3.49. The zero-order valence-electron chi connectivity index (χ0n) is 7.59. The van der Waals surface area contributed by atoms with E-state index in [0.29, 0.717) is 19.5 Å². The molecule has 0 aromatic carbocycles. The van der Waals surface area contributed by atoms with Crippen molar-refractivity contribution < 1.29 is 9.59 Å². The van der Waals surface area contributed by atoms with E-state index >= 15 is 0 Å². The van der Waals surface area contributed by atoms with Crippen LogP contribution in [-0.2, 0) is 9.59 Å². The third-order valence-electron chi connectivity index (χ3n) is 1.87. The van der Waals surface area contributed by atoms with Gasteiger partial charge in [-0.05, 0) is 5.92 Å². The Kier molecular flexibility index (Phi) is 2.84. The molecule has 1 aliphatic rings. The first-order valence-electron chi connectivity index (χ1n) is 4.18. The minimum atomic E-state index is -0.0209. The highest BCUT2D eigenvalue weighted by atomic mass is 16.2. The van der Waals surface area contributed by atoms with Gasteiger partial charge in [-0.1, -0.05) is 13.8 Å². The van der Waals surface area contributed by atoms with Crippen LogP contribution in [0.25, 0.3) is 0 Å². The number of ketones is 1. The maximum Gasteiger partial charge on any atom is 0.230 e. The Balaban J connectivity index is 2.45. The molecule has 3 heteroatoms. The van der Waals surface area contributed by atoms with Crippen molar-refractivity contribution in [2.24, 2.45) is 0 Å². The molecule has 1 saturated heterocycles. The first-order valence-corrected chi connectivity index (χ1v) is 4.18. The van der Waals surface area contributed by atoms with Crippen LogP contribution in [0.15, 0.2) is 0 Å². The number of carbonyl (C=O) groups is 2. The van der Waals surface area contributed by atoms with Crippen molar-refractivity contribution in [1.82, 2.24) is 4.90 Å². The molecule has 0 unspecified atom stereocenters. The molecule has 0 aromatic rings. The molecular formula is C9H14NO2. The van der Waals surface area contributed by atoms with Gasteiger partial charge >= 0.3 is 0 Å². The second-order valence-electron chi connectivity index (χ2n) is 3.49. The largest absolute Gasteiger partial charge is 0.341 e. The third-order valence-corrected chi connectivity index (χ3v) is 1.87. The van der Waals surface area contributed by atoms with E-state index in [4.69, 9.17) is 0 Å². The second kappa shape index (κ2) is 3.70. The van der Waals surface area contributed by atoms with Crippen LogP contribution in [0.2, 0.25) is 0 Å². The summed E-state index contributed by atoms with van der Waals surface area (Å²) in [6.45, 7) is 5.28. The Hall–Kier alpha value is -0.860. The topological polar surface area (TPSA) is 37.4 Å². The molecule has 12 heavy (non-hydrogen) atoms. The first kappa shape index (κ1) is 9.23. The Bertz CT molecular complexity index is 199. The van der Waals surface area contributed by atoms with Crippen molar-refractivity contribution in [3.05, 3.63) is 5.92 Å². The maximum atomic E-state index is 11.2. The van der Waals surface area contributed by atoms with Crippen LogP contribution in [0.1, 0.15) is 26.7 Å². The summed E-state index contributed by atoms with van der Waals surface area (Å²) >= 11 is 0. The predicted molar refractivity (Wildman–Crippen MR) is 45.4 cm³/mol. The van der Waals surface area contributed by atoms with Crippen LogP contribution in [0.3, 0.4) is 0 Å². The fourth-order valence-electron chi connectivity index (χ4n) is 1.30. The summed E-state index contributed by atoms with van der Waals surface area (Å²) < 4.78 is 0. The molecule has 0 bridgehead atoms. The average Bonchev–Trinajstić information content (AvgIpc) is 1.94. The number of piperidine rings is 1. The monoisotopic (exact) mass is 168 g/mol. The van der Waals surface area contributed by atoms with Crippen LogP contribution in [0.4, 0.5) is 0 Å². The van der Waals surface area contributed by atoms with Gasteiger partial charge in [0.05, 0.1) is 6.42 Å². The fourth-order valence-corrected chi connectivity index (χ4v) is 1.30. The van der Waals surface area contributed by atoms with Crippen molar-refractivity contribution >= 4 is 11.7 Å². The van der Waals surface area contributed by atoms with E-state index in [1.165, 1.54) is 5.92 Å². The van der Waals surface area contributed by atoms with Gasteiger partial charge in [-0.3, -0.25) is 9.59 Å². The van der Waals surface area contributed by atoms with Crippen molar-refractivity contribution in [3.63, 3.8) is 0 Å². The van der Waals surface area contributed by atoms with E-state index < -0.39 is 0 Å². The summed E-state index contributed by atoms with van der Waals surface area (Å²) in [6.07, 6.45) is 0.631. The predicted octanol–water partition coefficient (Wildman–Crippen LogP) is 0.792. The highest BCUT2D eigenvalue weighted by Crippen LogP contribution is 2.10. The molecule has 1 radical (unpaired) electrons. The van der Waals surface area contributed by atoms with Gasteiger partial charge in [0.2, 0.25) is 5.91 Å². The van der Waals surface area contributed by atoms with Gasteiger partial charge in [0.1, 0.15) is 5.78 Å². The van der Waals surface area contributed by atoms with E-state index in [0.717, 1.165) is 0 Å². The van der Waals surface area contributed by atoms with Crippen LogP contribution >= 0.6 is 0 Å². The lowest BCUT2D eigenvalue weighted by molar-refractivity contribution is -0.139. The van der Waals surface area contributed by atoms with Gasteiger partial charge in [-0.25, -0.2) is 0 Å². The maximum absolute atomic E-state index is 11.2. The van der Waals surface area contributed by atoms with Crippen LogP contribution in [0, 0.1) is 5.92 Å². The molecule has 0 saturated carbocycles. The number of nitrogens with zero attached hydrogens (tertiary/aromatic N) is 1. The molecule has 1 aliphatic heterocycles. The molecule has 0 spiro atoms. The molecule has 1 fully saturated rings. The Morgan fingerprint density at radius 2 is 2.08 bits per heavy atom. The molecule has 0 aliphatic carbocycles. The molecule has 1 amide bonds. The van der Waals surface area contributed by atoms with Gasteiger partial charge in [0, 0.05) is 19.5 Å². The van der Waals surface area contributed by atoms with Gasteiger partial charge < -0.3 is 4.90 Å². The zero-order chi connectivity index (χ0) is 9.14. The molecule has 3 nitrogen and oxygen atoms in total. The van der Waals surface area contributed by atoms with Crippen molar-refractivity contribution in [2.75, 3.05) is 13.1 Å². The van der Waals surface area contributed by atoms with Crippen LogP contribution in [0.5, 0.6) is 0 Å². The molecule has 0 aromatic heterocycles. The number of rotatable bonds is 2. The lowest BCUT2D eigenvalue weighted by Gasteiger charge is -2.27. The van der Waals surface area contributed by atoms with Gasteiger partial charge in [0.25, 0.3) is 0 Å². The zero-order valence-corrected chi connectivity index (χ0v) is 7.59. The number of amides is 1. The SMILES string of the molecule is C[C](C)CN1CCC(=O)CC1=O. The number of hydrogen-bond donors (Lipinski definition) is 0. The average molecular weight is 168 g/mol. The number of likely N-dealkylation sites (tertiary alicyclic amines) is 1. The minimum Gasteiger partial charge on any atom is -0.341 e. The molecule has 1 heterocycles. The molecule has 1 rings (SSSR count). The summed E-state index contributed by atoms with van der Waals surface area (Å²) in [4.78, 5) is 23.8. The standard InChI is InChI=1S/C9H14NO2/c1-7(2)6-10-4-3-8(11)5-9(10)12/h3-6H2,1-2H3. The van der Waals surface area contributed by atoms with Gasteiger partial charge in [0.15, 0.2) is 0 Å². The number of hydrogen-bond acceptors (Lipinski definition) is 2. The fraction of sp³-hybridized carbons (Fsp3) is 0.667. The summed E-state index contributed by atoms with van der Waals surface area (Å²) in [6, 6.07) is 0. The smallest absolute Gasteiger partial charge is 0.230 e. The van der Waals surface area contributed by atoms with Crippen molar-refractivity contribution in [3.8, 4) is 0 Å². The number of Topliss-reactive ketones (excluding diaryl/α,β-unsaturated/α-hetero) is 1. The van der Waals surface area contributed by atoms with Crippen molar-refractivity contribution in [2.45, 2.75) is 26.7 Å². The van der Waals surface area contributed by atoms with Gasteiger partial charge in [-0.2, -0.15) is 0 Å².